The highest BCUT2D eigenvalue weighted by atomic mass is 16.5. The van der Waals surface area contributed by atoms with E-state index in [0.717, 1.165) is 23.0 Å². The average molecular weight is 235 g/mol. The molecule has 2 N–H and O–H groups in total. The van der Waals surface area contributed by atoms with E-state index in [-0.39, 0.29) is 13.2 Å². The van der Waals surface area contributed by atoms with Gasteiger partial charge in [-0.05, 0) is 29.1 Å². The number of fused-ring (bicyclic) bond motifs is 1. The molecule has 0 bridgehead atoms. The van der Waals surface area contributed by atoms with E-state index in [1.165, 1.54) is 0 Å². The fraction of sp³-hybridized carbons (Fsp3) is 0.385. The van der Waals surface area contributed by atoms with Gasteiger partial charge in [0, 0.05) is 18.3 Å². The van der Waals surface area contributed by atoms with Crippen molar-refractivity contribution in [2.75, 3.05) is 19.8 Å². The van der Waals surface area contributed by atoms with Gasteiger partial charge in [0.25, 0.3) is 0 Å². The van der Waals surface area contributed by atoms with Gasteiger partial charge in [0.2, 0.25) is 0 Å². The molecule has 1 heterocycles. The Bertz CT molecular complexity index is 478. The average Bonchev–Trinajstić information content (AvgIpc) is 2.77. The highest BCUT2D eigenvalue weighted by Gasteiger charge is 2.01. The fourth-order valence-electron chi connectivity index (χ4n) is 1.87. The van der Waals surface area contributed by atoms with Crippen molar-refractivity contribution in [3.8, 4) is 0 Å². The Hall–Kier alpha value is -1.36. The van der Waals surface area contributed by atoms with Crippen LogP contribution < -0.4 is 0 Å². The second kappa shape index (κ2) is 5.82. The van der Waals surface area contributed by atoms with Gasteiger partial charge in [-0.2, -0.15) is 0 Å². The Morgan fingerprint density at radius 2 is 2.00 bits per heavy atom. The molecule has 4 nitrogen and oxygen atoms in total. The summed E-state index contributed by atoms with van der Waals surface area (Å²) < 4.78 is 7.34. The lowest BCUT2D eigenvalue weighted by molar-refractivity contribution is 0.0875. The Kier molecular flexibility index (Phi) is 4.14. The molecule has 4 heteroatoms. The molecule has 0 fully saturated rings. The Balaban J connectivity index is 2.08. The second-order valence-electron chi connectivity index (χ2n) is 3.90. The molecule has 0 spiro atoms. The molecule has 0 saturated carbocycles. The van der Waals surface area contributed by atoms with Crippen LogP contribution >= 0.6 is 0 Å². The number of benzene rings is 1. The summed E-state index contributed by atoms with van der Waals surface area (Å²) in [5.74, 6) is 0. The van der Waals surface area contributed by atoms with Gasteiger partial charge < -0.3 is 19.5 Å². The Morgan fingerprint density at radius 3 is 2.76 bits per heavy atom. The van der Waals surface area contributed by atoms with E-state index in [0.29, 0.717) is 13.2 Å². The fourth-order valence-corrected chi connectivity index (χ4v) is 1.87. The number of hydrogen-bond acceptors (Lipinski definition) is 3. The van der Waals surface area contributed by atoms with Crippen molar-refractivity contribution in [3.63, 3.8) is 0 Å². The van der Waals surface area contributed by atoms with Crippen LogP contribution in [0, 0.1) is 0 Å². The van der Waals surface area contributed by atoms with E-state index in [4.69, 9.17) is 14.9 Å². The number of ether oxygens (including phenoxy) is 1. The summed E-state index contributed by atoms with van der Waals surface area (Å²) in [4.78, 5) is 0. The normalized spacial score (nSPS) is 11.2. The molecule has 0 aliphatic rings. The summed E-state index contributed by atoms with van der Waals surface area (Å²) in [6, 6.07) is 7.95. The van der Waals surface area contributed by atoms with Crippen molar-refractivity contribution in [3.05, 3.63) is 36.0 Å². The molecule has 0 unspecified atom stereocenters. The van der Waals surface area contributed by atoms with E-state index in [1.807, 2.05) is 30.5 Å². The zero-order chi connectivity index (χ0) is 12.1. The van der Waals surface area contributed by atoms with Gasteiger partial charge in [0.1, 0.15) is 0 Å². The standard InChI is InChI=1S/C13H17NO3/c15-6-8-17-7-5-14-4-3-12-9-11(10-16)1-2-13(12)14/h1-4,9,15-16H,5-8,10H2. The van der Waals surface area contributed by atoms with Crippen LogP contribution in [0.15, 0.2) is 30.5 Å². The van der Waals surface area contributed by atoms with E-state index >= 15 is 0 Å². The maximum absolute atomic E-state index is 9.05. The third kappa shape index (κ3) is 2.85. The predicted molar refractivity (Wildman–Crippen MR) is 65.8 cm³/mol. The van der Waals surface area contributed by atoms with Crippen LogP contribution in [-0.4, -0.2) is 34.6 Å². The third-order valence-electron chi connectivity index (χ3n) is 2.73. The van der Waals surface area contributed by atoms with Gasteiger partial charge in [-0.1, -0.05) is 6.07 Å². The molecule has 1 aromatic carbocycles. The first kappa shape index (κ1) is 12.1. The van der Waals surface area contributed by atoms with Crippen LogP contribution in [0.4, 0.5) is 0 Å². The molecule has 2 rings (SSSR count). The molecule has 0 aliphatic heterocycles. The summed E-state index contributed by atoms with van der Waals surface area (Å²) in [5, 5.41) is 18.8. The predicted octanol–water partition coefficient (Wildman–Crippen LogP) is 1.14. The minimum Gasteiger partial charge on any atom is -0.394 e. The van der Waals surface area contributed by atoms with Crippen LogP contribution in [0.1, 0.15) is 5.56 Å². The zero-order valence-electron chi connectivity index (χ0n) is 9.67. The first-order chi connectivity index (χ1) is 8.35. The summed E-state index contributed by atoms with van der Waals surface area (Å²) >= 11 is 0. The highest BCUT2D eigenvalue weighted by Crippen LogP contribution is 2.17. The van der Waals surface area contributed by atoms with Gasteiger partial charge >= 0.3 is 0 Å². The number of rotatable bonds is 6. The lowest BCUT2D eigenvalue weighted by Crippen LogP contribution is -2.07. The first-order valence-electron chi connectivity index (χ1n) is 5.72. The van der Waals surface area contributed by atoms with Gasteiger partial charge in [-0.15, -0.1) is 0 Å². The maximum atomic E-state index is 9.05. The molecule has 0 amide bonds. The molecule has 1 aromatic heterocycles. The zero-order valence-corrected chi connectivity index (χ0v) is 9.67. The lowest BCUT2D eigenvalue weighted by Gasteiger charge is -2.06. The van der Waals surface area contributed by atoms with Crippen molar-refractivity contribution in [2.45, 2.75) is 13.2 Å². The van der Waals surface area contributed by atoms with Gasteiger partial charge in [-0.25, -0.2) is 0 Å². The molecule has 92 valence electrons. The maximum Gasteiger partial charge on any atom is 0.0698 e. The van der Waals surface area contributed by atoms with Gasteiger partial charge in [0.15, 0.2) is 0 Å². The molecular formula is C13H17NO3. The SMILES string of the molecule is OCCOCCn1ccc2cc(CO)ccc21. The third-order valence-corrected chi connectivity index (χ3v) is 2.73. The second-order valence-corrected chi connectivity index (χ2v) is 3.90. The number of aliphatic hydroxyl groups excluding tert-OH is 2. The smallest absolute Gasteiger partial charge is 0.0698 e. The van der Waals surface area contributed by atoms with Crippen LogP contribution in [0.2, 0.25) is 0 Å². The van der Waals surface area contributed by atoms with Crippen molar-refractivity contribution < 1.29 is 14.9 Å². The van der Waals surface area contributed by atoms with Crippen LogP contribution in [0.3, 0.4) is 0 Å². The Labute approximate surface area is 100 Å². The van der Waals surface area contributed by atoms with Gasteiger partial charge in [0.05, 0.1) is 26.4 Å². The minimum absolute atomic E-state index is 0.0618. The minimum atomic E-state index is 0.0618. The van der Waals surface area contributed by atoms with E-state index < -0.39 is 0 Å². The summed E-state index contributed by atoms with van der Waals surface area (Å²) in [5.41, 5.74) is 2.06. The monoisotopic (exact) mass is 235 g/mol. The number of aromatic nitrogens is 1. The first-order valence-corrected chi connectivity index (χ1v) is 5.72. The van der Waals surface area contributed by atoms with E-state index in [2.05, 4.69) is 4.57 Å². The van der Waals surface area contributed by atoms with Gasteiger partial charge in [-0.3, -0.25) is 0 Å². The Morgan fingerprint density at radius 1 is 1.12 bits per heavy atom. The summed E-state index contributed by atoms with van der Waals surface area (Å²) in [6.45, 7) is 1.87. The molecule has 0 aliphatic carbocycles. The lowest BCUT2D eigenvalue weighted by atomic mass is 10.2. The van der Waals surface area contributed by atoms with Crippen LogP contribution in [-0.2, 0) is 17.9 Å². The van der Waals surface area contributed by atoms with Crippen molar-refractivity contribution in [1.29, 1.82) is 0 Å². The highest BCUT2D eigenvalue weighted by molar-refractivity contribution is 5.80. The molecule has 17 heavy (non-hydrogen) atoms. The van der Waals surface area contributed by atoms with Crippen LogP contribution in [0.5, 0.6) is 0 Å². The molecule has 0 radical (unpaired) electrons. The molecule has 2 aromatic rings. The van der Waals surface area contributed by atoms with E-state index in [1.54, 1.807) is 0 Å². The number of nitrogens with zero attached hydrogens (tertiary/aromatic N) is 1. The topological polar surface area (TPSA) is 54.6 Å². The molecule has 0 saturated heterocycles. The largest absolute Gasteiger partial charge is 0.394 e. The van der Waals surface area contributed by atoms with Crippen molar-refractivity contribution >= 4 is 10.9 Å². The van der Waals surface area contributed by atoms with Crippen LogP contribution in [0.25, 0.3) is 10.9 Å². The summed E-state index contributed by atoms with van der Waals surface area (Å²) in [7, 11) is 0. The van der Waals surface area contributed by atoms with E-state index in [9.17, 15) is 0 Å². The number of aliphatic hydroxyl groups is 2. The molecular weight excluding hydrogens is 218 g/mol. The van der Waals surface area contributed by atoms with Crippen molar-refractivity contribution in [1.82, 2.24) is 4.57 Å². The quantitative estimate of drug-likeness (QED) is 0.738. The molecule has 0 atom stereocenters. The van der Waals surface area contributed by atoms with Crippen molar-refractivity contribution in [2.24, 2.45) is 0 Å². The summed E-state index contributed by atoms with van der Waals surface area (Å²) in [6.07, 6.45) is 2.01. The number of hydrogen-bond donors (Lipinski definition) is 2.